The van der Waals surface area contributed by atoms with Gasteiger partial charge in [-0.15, -0.1) is 13.0 Å². The van der Waals surface area contributed by atoms with Crippen LogP contribution in [0.5, 0.6) is 0 Å². The molecule has 0 heterocycles. The normalized spacial score (nSPS) is 11.6. The van der Waals surface area contributed by atoms with Crippen LogP contribution in [0.3, 0.4) is 0 Å². The van der Waals surface area contributed by atoms with Crippen LogP contribution in [-0.4, -0.2) is 47.6 Å². The molecule has 0 aliphatic heterocycles. The number of rotatable bonds is 7. The number of carboxylic acid groups (broad SMARTS) is 1. The molecule has 5 heteroatoms. The first-order valence-corrected chi connectivity index (χ1v) is 4.80. The van der Waals surface area contributed by atoms with E-state index in [0.29, 0.717) is 6.54 Å². The van der Waals surface area contributed by atoms with E-state index < -0.39 is 12.0 Å². The second kappa shape index (κ2) is 7.49. The Bertz CT molecular complexity index is 307. The molecule has 0 bridgehead atoms. The predicted molar refractivity (Wildman–Crippen MR) is 60.7 cm³/mol. The van der Waals surface area contributed by atoms with E-state index in [1.54, 1.807) is 13.0 Å². The molecule has 0 fully saturated rings. The molecule has 2 N–H and O–H groups in total. The first-order chi connectivity index (χ1) is 7.52. The van der Waals surface area contributed by atoms with E-state index >= 15 is 0 Å². The maximum Gasteiger partial charge on any atom is 0.317 e. The van der Waals surface area contributed by atoms with E-state index in [0.717, 1.165) is 0 Å². The number of hydrogen-bond donors (Lipinski definition) is 2. The van der Waals surface area contributed by atoms with Crippen LogP contribution < -0.4 is 5.32 Å². The highest BCUT2D eigenvalue weighted by Gasteiger charge is 2.21. The van der Waals surface area contributed by atoms with Gasteiger partial charge in [0.15, 0.2) is 0 Å². The highest BCUT2D eigenvalue weighted by molar-refractivity contribution is 5.82. The molecular formula is C11H16N2O3. The number of nitrogens with zero attached hydrogens (tertiary/aromatic N) is 1. The van der Waals surface area contributed by atoms with Gasteiger partial charge in [-0.1, -0.05) is 12.0 Å². The minimum Gasteiger partial charge on any atom is -0.480 e. The summed E-state index contributed by atoms with van der Waals surface area (Å²) in [5.74, 6) is 1.000. The minimum atomic E-state index is -0.988. The van der Waals surface area contributed by atoms with Crippen LogP contribution >= 0.6 is 0 Å². The molecule has 0 aromatic rings. The van der Waals surface area contributed by atoms with Crippen molar-refractivity contribution in [2.24, 2.45) is 0 Å². The van der Waals surface area contributed by atoms with E-state index in [1.807, 2.05) is 0 Å². The quantitative estimate of drug-likeness (QED) is 0.460. The number of hydrogen-bond acceptors (Lipinski definition) is 3. The van der Waals surface area contributed by atoms with Crippen molar-refractivity contribution in [1.29, 1.82) is 0 Å². The van der Waals surface area contributed by atoms with Crippen LogP contribution in [0, 0.1) is 12.3 Å². The molecule has 0 saturated carbocycles. The monoisotopic (exact) mass is 224 g/mol. The molecule has 5 nitrogen and oxygen atoms in total. The molecule has 0 aliphatic rings. The first kappa shape index (κ1) is 14.2. The summed E-state index contributed by atoms with van der Waals surface area (Å²) >= 11 is 0. The van der Waals surface area contributed by atoms with Gasteiger partial charge < -0.3 is 10.4 Å². The highest BCUT2D eigenvalue weighted by Crippen LogP contribution is 1.99. The van der Waals surface area contributed by atoms with Crippen molar-refractivity contribution >= 4 is 11.9 Å². The van der Waals surface area contributed by atoms with Gasteiger partial charge in [-0.3, -0.25) is 14.5 Å². The minimum absolute atomic E-state index is 0.137. The second-order valence-electron chi connectivity index (χ2n) is 3.21. The third-order valence-corrected chi connectivity index (χ3v) is 1.99. The summed E-state index contributed by atoms with van der Waals surface area (Å²) in [5, 5.41) is 11.2. The fourth-order valence-electron chi connectivity index (χ4n) is 1.15. The third kappa shape index (κ3) is 5.17. The summed E-state index contributed by atoms with van der Waals surface area (Å²) in [5.41, 5.74) is 0. The summed E-state index contributed by atoms with van der Waals surface area (Å²) in [6.07, 6.45) is 6.55. The summed E-state index contributed by atoms with van der Waals surface area (Å²) in [6, 6.07) is -0.553. The molecule has 1 atom stereocenters. The van der Waals surface area contributed by atoms with Crippen LogP contribution in [0.4, 0.5) is 0 Å². The van der Waals surface area contributed by atoms with Gasteiger partial charge in [0.25, 0.3) is 0 Å². The molecule has 16 heavy (non-hydrogen) atoms. The van der Waals surface area contributed by atoms with E-state index in [-0.39, 0.29) is 19.0 Å². The molecule has 0 aliphatic carbocycles. The van der Waals surface area contributed by atoms with Gasteiger partial charge >= 0.3 is 5.97 Å². The SMILES string of the molecule is C#CCNC(=O)C(C)N(CC=C)CC(=O)O. The molecular weight excluding hydrogens is 208 g/mol. The Labute approximate surface area is 95.1 Å². The molecule has 0 aromatic carbocycles. The Morgan fingerprint density at radius 2 is 2.31 bits per heavy atom. The number of carboxylic acids is 1. The Balaban J connectivity index is 4.41. The van der Waals surface area contributed by atoms with Gasteiger partial charge in [0, 0.05) is 6.54 Å². The Morgan fingerprint density at radius 1 is 1.69 bits per heavy atom. The fourth-order valence-corrected chi connectivity index (χ4v) is 1.15. The lowest BCUT2D eigenvalue weighted by atomic mass is 10.2. The fraction of sp³-hybridized carbons (Fsp3) is 0.455. The number of carbonyl (C=O) groups is 2. The van der Waals surface area contributed by atoms with E-state index in [1.165, 1.54) is 4.90 Å². The van der Waals surface area contributed by atoms with Gasteiger partial charge in [-0.2, -0.15) is 0 Å². The van der Waals surface area contributed by atoms with Gasteiger partial charge in [0.05, 0.1) is 19.1 Å². The van der Waals surface area contributed by atoms with E-state index in [9.17, 15) is 9.59 Å². The lowest BCUT2D eigenvalue weighted by Crippen LogP contribution is -2.47. The lowest BCUT2D eigenvalue weighted by molar-refractivity contribution is -0.139. The Hall–Kier alpha value is -1.80. The molecule has 88 valence electrons. The van der Waals surface area contributed by atoms with Gasteiger partial charge in [-0.25, -0.2) is 0 Å². The van der Waals surface area contributed by atoms with Crippen molar-refractivity contribution < 1.29 is 14.7 Å². The zero-order valence-electron chi connectivity index (χ0n) is 9.27. The Kier molecular flexibility index (Phi) is 6.64. The van der Waals surface area contributed by atoms with E-state index in [2.05, 4.69) is 17.8 Å². The van der Waals surface area contributed by atoms with Crippen LogP contribution in [0.1, 0.15) is 6.92 Å². The molecule has 0 rings (SSSR count). The van der Waals surface area contributed by atoms with Crippen molar-refractivity contribution in [1.82, 2.24) is 10.2 Å². The summed E-state index contributed by atoms with van der Waals surface area (Å²) in [7, 11) is 0. The van der Waals surface area contributed by atoms with Crippen molar-refractivity contribution in [3.05, 3.63) is 12.7 Å². The largest absolute Gasteiger partial charge is 0.480 e. The maximum absolute atomic E-state index is 11.5. The van der Waals surface area contributed by atoms with Crippen LogP contribution in [0.15, 0.2) is 12.7 Å². The molecule has 0 aromatic heterocycles. The van der Waals surface area contributed by atoms with Crippen molar-refractivity contribution in [3.63, 3.8) is 0 Å². The van der Waals surface area contributed by atoms with Crippen LogP contribution in [0.2, 0.25) is 0 Å². The van der Waals surface area contributed by atoms with Crippen molar-refractivity contribution in [3.8, 4) is 12.3 Å². The van der Waals surface area contributed by atoms with Crippen molar-refractivity contribution in [2.75, 3.05) is 19.6 Å². The molecule has 1 unspecified atom stereocenters. The summed E-state index contributed by atoms with van der Waals surface area (Å²) < 4.78 is 0. The standard InChI is InChI=1S/C11H16N2O3/c1-4-6-12-11(16)9(3)13(7-5-2)8-10(14)15/h1,5,9H,2,6-8H2,3H3,(H,12,16)(H,14,15). The van der Waals surface area contributed by atoms with E-state index in [4.69, 9.17) is 11.5 Å². The Morgan fingerprint density at radius 3 is 2.75 bits per heavy atom. The highest BCUT2D eigenvalue weighted by atomic mass is 16.4. The number of carbonyl (C=O) groups excluding carboxylic acids is 1. The smallest absolute Gasteiger partial charge is 0.317 e. The number of aliphatic carboxylic acids is 1. The summed E-state index contributed by atoms with van der Waals surface area (Å²) in [4.78, 5) is 23.6. The average Bonchev–Trinajstić information content (AvgIpc) is 2.23. The van der Waals surface area contributed by atoms with Crippen LogP contribution in [-0.2, 0) is 9.59 Å². The van der Waals surface area contributed by atoms with Gasteiger partial charge in [-0.05, 0) is 6.92 Å². The molecule has 1 amide bonds. The second-order valence-corrected chi connectivity index (χ2v) is 3.21. The average molecular weight is 224 g/mol. The zero-order valence-corrected chi connectivity index (χ0v) is 9.27. The summed E-state index contributed by atoms with van der Waals surface area (Å²) in [6.45, 7) is 5.39. The zero-order chi connectivity index (χ0) is 12.6. The van der Waals surface area contributed by atoms with Crippen LogP contribution in [0.25, 0.3) is 0 Å². The molecule has 0 saturated heterocycles. The topological polar surface area (TPSA) is 69.6 Å². The number of terminal acetylenes is 1. The molecule has 0 spiro atoms. The predicted octanol–water partition coefficient (Wildman–Crippen LogP) is -0.303. The van der Waals surface area contributed by atoms with Crippen molar-refractivity contribution in [2.45, 2.75) is 13.0 Å². The lowest BCUT2D eigenvalue weighted by Gasteiger charge is -2.24. The molecule has 0 radical (unpaired) electrons. The first-order valence-electron chi connectivity index (χ1n) is 4.80. The van der Waals surface area contributed by atoms with Gasteiger partial charge in [0.1, 0.15) is 0 Å². The third-order valence-electron chi connectivity index (χ3n) is 1.99. The number of amides is 1. The van der Waals surface area contributed by atoms with Gasteiger partial charge in [0.2, 0.25) is 5.91 Å². The maximum atomic E-state index is 11.5. The number of nitrogens with one attached hydrogen (secondary N) is 1.